The molecule has 0 saturated carbocycles. The molecule has 1 aromatic heterocycles. The maximum atomic E-state index is 12.8. The second-order valence-electron chi connectivity index (χ2n) is 5.37. The number of fused-ring (bicyclic) bond motifs is 1. The predicted octanol–water partition coefficient (Wildman–Crippen LogP) is 3.59. The highest BCUT2D eigenvalue weighted by Gasteiger charge is 2.16. The van der Waals surface area contributed by atoms with E-state index in [1.54, 1.807) is 24.3 Å². The second-order valence-corrected chi connectivity index (χ2v) is 6.82. The van der Waals surface area contributed by atoms with E-state index < -0.39 is 16.4 Å². The Morgan fingerprint density at radius 2 is 1.74 bits per heavy atom. The topological polar surface area (TPSA) is 56.5 Å². The summed E-state index contributed by atoms with van der Waals surface area (Å²) < 4.78 is 23.3. The summed E-state index contributed by atoms with van der Waals surface area (Å²) in [5.41, 5.74) is 1.75. The molecule has 0 aliphatic heterocycles. The molecule has 23 heavy (non-hydrogen) atoms. The first-order valence-electron chi connectivity index (χ1n) is 7.10. The quantitative estimate of drug-likeness (QED) is 0.690. The van der Waals surface area contributed by atoms with E-state index >= 15 is 0 Å². The van der Waals surface area contributed by atoms with E-state index in [2.05, 4.69) is 0 Å². The van der Waals surface area contributed by atoms with Gasteiger partial charge in [-0.15, -0.1) is 0 Å². The SMILES string of the molecule is COc1cccc2cc(S(=O)c3cc(C)cc(C)c3)c(=O)oc12. The maximum Gasteiger partial charge on any atom is 0.353 e. The Morgan fingerprint density at radius 1 is 1.04 bits per heavy atom. The van der Waals surface area contributed by atoms with E-state index in [0.717, 1.165) is 11.1 Å². The van der Waals surface area contributed by atoms with Crippen LogP contribution < -0.4 is 10.4 Å². The zero-order valence-electron chi connectivity index (χ0n) is 13.1. The third-order valence-corrected chi connectivity index (χ3v) is 4.87. The van der Waals surface area contributed by atoms with Crippen LogP contribution >= 0.6 is 0 Å². The summed E-state index contributed by atoms with van der Waals surface area (Å²) in [5.74, 6) is 0.475. The van der Waals surface area contributed by atoms with Crippen molar-refractivity contribution in [2.24, 2.45) is 0 Å². The van der Waals surface area contributed by atoms with Gasteiger partial charge in [0.15, 0.2) is 11.3 Å². The maximum absolute atomic E-state index is 12.8. The number of methoxy groups -OCH3 is 1. The molecule has 0 saturated heterocycles. The largest absolute Gasteiger partial charge is 0.493 e. The summed E-state index contributed by atoms with van der Waals surface area (Å²) in [6.07, 6.45) is 0. The van der Waals surface area contributed by atoms with Crippen LogP contribution in [-0.4, -0.2) is 11.3 Å². The van der Waals surface area contributed by atoms with Gasteiger partial charge in [0.05, 0.1) is 17.9 Å². The van der Waals surface area contributed by atoms with Crippen LogP contribution in [-0.2, 0) is 10.8 Å². The van der Waals surface area contributed by atoms with Crippen molar-refractivity contribution < 1.29 is 13.4 Å². The molecule has 0 amide bonds. The summed E-state index contributed by atoms with van der Waals surface area (Å²) in [5, 5.41) is 0.677. The normalized spacial score (nSPS) is 12.3. The standard InChI is InChI=1S/C18H16O4S/c1-11-7-12(2)9-14(8-11)23(20)16-10-13-5-4-6-15(21-3)17(13)22-18(16)19/h4-10H,1-3H3. The molecule has 0 radical (unpaired) electrons. The average molecular weight is 328 g/mol. The van der Waals surface area contributed by atoms with Crippen molar-refractivity contribution in [1.82, 2.24) is 0 Å². The van der Waals surface area contributed by atoms with Crippen molar-refractivity contribution in [3.63, 3.8) is 0 Å². The molecule has 0 aliphatic rings. The van der Waals surface area contributed by atoms with Crippen LogP contribution in [0.15, 0.2) is 61.5 Å². The molecule has 1 heterocycles. The van der Waals surface area contributed by atoms with E-state index in [1.165, 1.54) is 7.11 Å². The molecule has 3 aromatic rings. The first-order chi connectivity index (χ1) is 11.0. The summed E-state index contributed by atoms with van der Waals surface area (Å²) >= 11 is 0. The van der Waals surface area contributed by atoms with Crippen molar-refractivity contribution in [2.75, 3.05) is 7.11 Å². The fraction of sp³-hybridized carbons (Fsp3) is 0.167. The van der Waals surface area contributed by atoms with Gasteiger partial charge in [-0.3, -0.25) is 0 Å². The second kappa shape index (κ2) is 6.01. The molecule has 1 unspecified atom stereocenters. The molecule has 118 valence electrons. The highest BCUT2D eigenvalue weighted by molar-refractivity contribution is 7.85. The van der Waals surface area contributed by atoms with Crippen LogP contribution in [0, 0.1) is 13.8 Å². The van der Waals surface area contributed by atoms with E-state index in [-0.39, 0.29) is 4.90 Å². The number of hydrogen-bond donors (Lipinski definition) is 0. The number of benzene rings is 2. The fourth-order valence-corrected chi connectivity index (χ4v) is 3.82. The third kappa shape index (κ3) is 2.92. The lowest BCUT2D eigenvalue weighted by Gasteiger charge is -2.07. The number of hydrogen-bond acceptors (Lipinski definition) is 4. The molecule has 0 bridgehead atoms. The van der Waals surface area contributed by atoms with Gasteiger partial charge in [0.25, 0.3) is 0 Å². The lowest BCUT2D eigenvalue weighted by Crippen LogP contribution is -2.10. The van der Waals surface area contributed by atoms with Crippen LogP contribution in [0.2, 0.25) is 0 Å². The Bertz CT molecular complexity index is 952. The lowest BCUT2D eigenvalue weighted by molar-refractivity contribution is 0.405. The van der Waals surface area contributed by atoms with Crippen LogP contribution in [0.4, 0.5) is 0 Å². The van der Waals surface area contributed by atoms with Crippen LogP contribution in [0.3, 0.4) is 0 Å². The number of ether oxygens (including phenoxy) is 1. The van der Waals surface area contributed by atoms with Crippen molar-refractivity contribution in [2.45, 2.75) is 23.6 Å². The van der Waals surface area contributed by atoms with Gasteiger partial charge in [-0.05, 0) is 49.2 Å². The molecule has 0 aliphatic carbocycles. The lowest BCUT2D eigenvalue weighted by atomic mass is 10.2. The average Bonchev–Trinajstić information content (AvgIpc) is 2.52. The Kier molecular flexibility index (Phi) is 4.05. The Balaban J connectivity index is 2.18. The summed E-state index contributed by atoms with van der Waals surface area (Å²) in [6.45, 7) is 3.86. The third-order valence-electron chi connectivity index (χ3n) is 3.52. The summed E-state index contributed by atoms with van der Waals surface area (Å²) in [4.78, 5) is 13.0. The molecule has 0 spiro atoms. The van der Waals surface area contributed by atoms with Gasteiger partial charge in [0.2, 0.25) is 0 Å². The zero-order chi connectivity index (χ0) is 16.6. The van der Waals surface area contributed by atoms with E-state index in [0.29, 0.717) is 21.6 Å². The van der Waals surface area contributed by atoms with Crippen molar-refractivity contribution >= 4 is 21.8 Å². The van der Waals surface area contributed by atoms with Crippen molar-refractivity contribution in [3.05, 3.63) is 64.0 Å². The minimum atomic E-state index is -1.59. The van der Waals surface area contributed by atoms with Gasteiger partial charge < -0.3 is 9.15 Å². The highest BCUT2D eigenvalue weighted by Crippen LogP contribution is 2.26. The number of rotatable bonds is 3. The molecular formula is C18H16O4S. The number of para-hydroxylation sites is 1. The molecule has 3 rings (SSSR count). The van der Waals surface area contributed by atoms with Crippen molar-refractivity contribution in [1.29, 1.82) is 0 Å². The van der Waals surface area contributed by atoms with E-state index in [9.17, 15) is 9.00 Å². The minimum absolute atomic E-state index is 0.135. The van der Waals surface area contributed by atoms with Gasteiger partial charge in [-0.25, -0.2) is 9.00 Å². The molecule has 0 fully saturated rings. The van der Waals surface area contributed by atoms with E-state index in [1.807, 2.05) is 32.0 Å². The van der Waals surface area contributed by atoms with Gasteiger partial charge in [0.1, 0.15) is 4.90 Å². The number of aryl methyl sites for hydroxylation is 2. The molecule has 4 nitrogen and oxygen atoms in total. The van der Waals surface area contributed by atoms with Crippen LogP contribution in [0.5, 0.6) is 5.75 Å². The first kappa shape index (κ1) is 15.5. The van der Waals surface area contributed by atoms with Gasteiger partial charge in [-0.1, -0.05) is 18.2 Å². The first-order valence-corrected chi connectivity index (χ1v) is 8.25. The smallest absolute Gasteiger partial charge is 0.353 e. The molecule has 1 atom stereocenters. The Labute approximate surface area is 136 Å². The zero-order valence-corrected chi connectivity index (χ0v) is 13.9. The summed E-state index contributed by atoms with van der Waals surface area (Å²) in [7, 11) is -0.0803. The van der Waals surface area contributed by atoms with Crippen molar-refractivity contribution in [3.8, 4) is 5.75 Å². The van der Waals surface area contributed by atoms with E-state index in [4.69, 9.17) is 9.15 Å². The molecule has 5 heteroatoms. The predicted molar refractivity (Wildman–Crippen MR) is 89.6 cm³/mol. The summed E-state index contributed by atoms with van der Waals surface area (Å²) in [6, 6.07) is 12.5. The minimum Gasteiger partial charge on any atom is -0.493 e. The molecular weight excluding hydrogens is 312 g/mol. The van der Waals surface area contributed by atoms with Crippen LogP contribution in [0.25, 0.3) is 11.0 Å². The Morgan fingerprint density at radius 3 is 2.39 bits per heavy atom. The van der Waals surface area contributed by atoms with Gasteiger partial charge >= 0.3 is 5.63 Å². The van der Waals surface area contributed by atoms with Gasteiger partial charge in [0, 0.05) is 10.3 Å². The monoisotopic (exact) mass is 328 g/mol. The Hall–Kier alpha value is -2.40. The molecule has 0 N–H and O–H groups in total. The fourth-order valence-electron chi connectivity index (χ4n) is 2.56. The highest BCUT2D eigenvalue weighted by atomic mass is 32.2. The molecule has 2 aromatic carbocycles. The van der Waals surface area contributed by atoms with Crippen LogP contribution in [0.1, 0.15) is 11.1 Å². The van der Waals surface area contributed by atoms with Gasteiger partial charge in [-0.2, -0.15) is 0 Å².